The molecule has 1 amide bonds. The van der Waals surface area contributed by atoms with Crippen LogP contribution in [0.15, 0.2) is 34.2 Å². The Labute approximate surface area is 137 Å². The lowest BCUT2D eigenvalue weighted by molar-refractivity contribution is -0.116. The number of aromatic nitrogens is 2. The van der Waals surface area contributed by atoms with Crippen LogP contribution >= 0.6 is 11.8 Å². The van der Waals surface area contributed by atoms with Gasteiger partial charge >= 0.3 is 0 Å². The van der Waals surface area contributed by atoms with Crippen molar-refractivity contribution in [3.05, 3.63) is 45.7 Å². The van der Waals surface area contributed by atoms with Crippen molar-refractivity contribution in [3.63, 3.8) is 0 Å². The molecule has 2 N–H and O–H groups in total. The van der Waals surface area contributed by atoms with Gasteiger partial charge in [0.05, 0.1) is 5.56 Å². The Balaban J connectivity index is 2.20. The van der Waals surface area contributed by atoms with Crippen LogP contribution in [0.2, 0.25) is 0 Å². The highest BCUT2D eigenvalue weighted by molar-refractivity contribution is 7.99. The minimum Gasteiger partial charge on any atom is -0.508 e. The van der Waals surface area contributed by atoms with E-state index in [0.717, 1.165) is 11.3 Å². The summed E-state index contributed by atoms with van der Waals surface area (Å²) in [7, 11) is 1.79. The number of benzene rings is 1. The van der Waals surface area contributed by atoms with E-state index in [-0.39, 0.29) is 23.6 Å². The molecule has 1 aromatic heterocycles. The molecule has 0 saturated heterocycles. The van der Waals surface area contributed by atoms with Crippen LogP contribution in [0.25, 0.3) is 0 Å². The molecule has 0 aliphatic carbocycles. The summed E-state index contributed by atoms with van der Waals surface area (Å²) in [5.74, 6) is 0.823. The summed E-state index contributed by atoms with van der Waals surface area (Å²) in [5.41, 5.74) is 0.872. The summed E-state index contributed by atoms with van der Waals surface area (Å²) in [4.78, 5) is 28.8. The fraction of sp³-hybridized carbons (Fsp3) is 0.312. The molecule has 1 aliphatic rings. The number of fused-ring (bicyclic) bond motifs is 1. The first-order chi connectivity index (χ1) is 11.0. The van der Waals surface area contributed by atoms with Crippen molar-refractivity contribution in [2.75, 3.05) is 11.1 Å². The fourth-order valence-corrected chi connectivity index (χ4v) is 3.51. The van der Waals surface area contributed by atoms with Crippen LogP contribution < -0.4 is 10.9 Å². The monoisotopic (exact) mass is 331 g/mol. The molecule has 1 aromatic carbocycles. The van der Waals surface area contributed by atoms with E-state index in [1.165, 1.54) is 11.8 Å². The second-order valence-corrected chi connectivity index (χ2v) is 6.58. The maximum atomic E-state index is 12.5. The third-order valence-corrected chi connectivity index (χ3v) is 4.76. The lowest BCUT2D eigenvalue weighted by Crippen LogP contribution is -2.33. The Morgan fingerprint density at radius 3 is 2.91 bits per heavy atom. The number of nitrogens with zero attached hydrogens (tertiary/aromatic N) is 2. The van der Waals surface area contributed by atoms with Gasteiger partial charge < -0.3 is 15.0 Å². The SMILES string of the molecule is CCSc1nc(=O)c2c(n1C)NC(=O)CC2c1cccc(O)c1. The molecule has 6 nitrogen and oxygen atoms in total. The van der Waals surface area contributed by atoms with Crippen LogP contribution in [-0.2, 0) is 11.8 Å². The van der Waals surface area contributed by atoms with E-state index in [2.05, 4.69) is 10.3 Å². The van der Waals surface area contributed by atoms with Crippen LogP contribution in [0, 0.1) is 0 Å². The predicted octanol–water partition coefficient (Wildman–Crippen LogP) is 2.07. The van der Waals surface area contributed by atoms with Crippen molar-refractivity contribution in [2.24, 2.45) is 7.05 Å². The molecule has 1 atom stereocenters. The number of hydrogen-bond donors (Lipinski definition) is 2. The van der Waals surface area contributed by atoms with Crippen LogP contribution in [0.5, 0.6) is 5.75 Å². The summed E-state index contributed by atoms with van der Waals surface area (Å²) >= 11 is 1.45. The van der Waals surface area contributed by atoms with E-state index < -0.39 is 5.92 Å². The normalized spacial score (nSPS) is 16.8. The zero-order valence-electron chi connectivity index (χ0n) is 12.9. The summed E-state index contributed by atoms with van der Waals surface area (Å²) in [5, 5.41) is 13.1. The highest BCUT2D eigenvalue weighted by Gasteiger charge is 2.32. The van der Waals surface area contributed by atoms with Gasteiger partial charge in [0.15, 0.2) is 5.16 Å². The standard InChI is InChI=1S/C16H17N3O3S/c1-3-23-16-18-15(22)13-11(9-5-4-6-10(20)7-9)8-12(21)17-14(13)19(16)2/h4-7,11,20H,3,8H2,1-2H3,(H,17,21). The van der Waals surface area contributed by atoms with Gasteiger partial charge in [-0.15, -0.1) is 0 Å². The van der Waals surface area contributed by atoms with Crippen LogP contribution in [0.1, 0.15) is 30.4 Å². The fourth-order valence-electron chi connectivity index (χ4n) is 2.82. The topological polar surface area (TPSA) is 84.2 Å². The second kappa shape index (κ2) is 6.08. The summed E-state index contributed by atoms with van der Waals surface area (Å²) in [6.45, 7) is 1.98. The molecule has 7 heteroatoms. The number of nitrogens with one attached hydrogen (secondary N) is 1. The first-order valence-corrected chi connectivity index (χ1v) is 8.32. The first-order valence-electron chi connectivity index (χ1n) is 7.33. The average Bonchev–Trinajstić information content (AvgIpc) is 2.51. The lowest BCUT2D eigenvalue weighted by atomic mass is 9.86. The van der Waals surface area contributed by atoms with E-state index in [4.69, 9.17) is 0 Å². The third kappa shape index (κ3) is 2.84. The van der Waals surface area contributed by atoms with Crippen molar-refractivity contribution in [1.82, 2.24) is 9.55 Å². The smallest absolute Gasteiger partial charge is 0.279 e. The van der Waals surface area contributed by atoms with E-state index >= 15 is 0 Å². The Morgan fingerprint density at radius 1 is 1.43 bits per heavy atom. The average molecular weight is 331 g/mol. The maximum absolute atomic E-state index is 12.5. The molecule has 3 rings (SSSR count). The second-order valence-electron chi connectivity index (χ2n) is 5.35. The Morgan fingerprint density at radius 2 is 2.22 bits per heavy atom. The predicted molar refractivity (Wildman–Crippen MR) is 89.1 cm³/mol. The molecule has 1 unspecified atom stereocenters. The Kier molecular flexibility index (Phi) is 4.12. The van der Waals surface area contributed by atoms with E-state index in [1.807, 2.05) is 6.92 Å². The summed E-state index contributed by atoms with van der Waals surface area (Å²) in [6, 6.07) is 6.66. The lowest BCUT2D eigenvalue weighted by Gasteiger charge is -2.27. The number of phenolic OH excluding ortho intramolecular Hbond substituents is 1. The number of rotatable bonds is 3. The Bertz CT molecular complexity index is 832. The summed E-state index contributed by atoms with van der Waals surface area (Å²) in [6.07, 6.45) is 0.160. The minimum atomic E-state index is -0.405. The van der Waals surface area contributed by atoms with Crippen molar-refractivity contribution in [2.45, 2.75) is 24.4 Å². The largest absolute Gasteiger partial charge is 0.508 e. The highest BCUT2D eigenvalue weighted by atomic mass is 32.2. The Hall–Kier alpha value is -2.28. The van der Waals surface area contributed by atoms with Gasteiger partial charge in [0.2, 0.25) is 5.91 Å². The van der Waals surface area contributed by atoms with Gasteiger partial charge in [0.25, 0.3) is 5.56 Å². The quantitative estimate of drug-likeness (QED) is 0.664. The number of thioether (sulfide) groups is 1. The van der Waals surface area contributed by atoms with Gasteiger partial charge in [-0.2, -0.15) is 4.98 Å². The molecular formula is C16H17N3O3S. The van der Waals surface area contributed by atoms with Gasteiger partial charge in [-0.05, 0) is 23.4 Å². The minimum absolute atomic E-state index is 0.109. The van der Waals surface area contributed by atoms with Crippen molar-refractivity contribution in [3.8, 4) is 5.75 Å². The number of phenols is 1. The number of amides is 1. The highest BCUT2D eigenvalue weighted by Crippen LogP contribution is 2.36. The molecule has 0 saturated carbocycles. The molecule has 23 heavy (non-hydrogen) atoms. The zero-order valence-corrected chi connectivity index (χ0v) is 13.7. The molecule has 2 heterocycles. The molecule has 0 spiro atoms. The number of hydrogen-bond acceptors (Lipinski definition) is 5. The zero-order chi connectivity index (χ0) is 16.6. The van der Waals surface area contributed by atoms with Gasteiger partial charge in [-0.25, -0.2) is 0 Å². The molecule has 0 radical (unpaired) electrons. The molecule has 0 fully saturated rings. The molecule has 0 bridgehead atoms. The number of anilines is 1. The van der Waals surface area contributed by atoms with E-state index in [1.54, 1.807) is 35.9 Å². The van der Waals surface area contributed by atoms with E-state index in [9.17, 15) is 14.7 Å². The third-order valence-electron chi connectivity index (χ3n) is 3.85. The molecule has 120 valence electrons. The van der Waals surface area contributed by atoms with Crippen molar-refractivity contribution in [1.29, 1.82) is 0 Å². The van der Waals surface area contributed by atoms with E-state index in [0.29, 0.717) is 16.5 Å². The molecule has 1 aliphatic heterocycles. The first kappa shape index (κ1) is 15.6. The molecular weight excluding hydrogens is 314 g/mol. The molecule has 2 aromatic rings. The van der Waals surface area contributed by atoms with Crippen molar-refractivity contribution >= 4 is 23.5 Å². The number of carbonyl (C=O) groups excluding carboxylic acids is 1. The number of aromatic hydroxyl groups is 1. The van der Waals surface area contributed by atoms with Crippen LogP contribution in [0.4, 0.5) is 5.82 Å². The van der Waals surface area contributed by atoms with Gasteiger partial charge in [-0.3, -0.25) is 9.59 Å². The summed E-state index contributed by atoms with van der Waals surface area (Å²) < 4.78 is 1.75. The van der Waals surface area contributed by atoms with Gasteiger partial charge in [-0.1, -0.05) is 30.8 Å². The van der Waals surface area contributed by atoms with Gasteiger partial charge in [0.1, 0.15) is 11.6 Å². The van der Waals surface area contributed by atoms with Gasteiger partial charge in [0, 0.05) is 19.4 Å². The van der Waals surface area contributed by atoms with Crippen LogP contribution in [-0.4, -0.2) is 26.3 Å². The maximum Gasteiger partial charge on any atom is 0.279 e. The van der Waals surface area contributed by atoms with Crippen molar-refractivity contribution < 1.29 is 9.90 Å². The number of carbonyl (C=O) groups is 1. The van der Waals surface area contributed by atoms with Crippen LogP contribution in [0.3, 0.4) is 0 Å².